The highest BCUT2D eigenvalue weighted by atomic mass is 19.4. The second kappa shape index (κ2) is 7.15. The number of esters is 2. The van der Waals surface area contributed by atoms with Gasteiger partial charge in [0.05, 0.1) is 6.61 Å². The third-order valence-corrected chi connectivity index (χ3v) is 4.89. The molecule has 4 nitrogen and oxygen atoms in total. The lowest BCUT2D eigenvalue weighted by Gasteiger charge is -2.46. The van der Waals surface area contributed by atoms with Gasteiger partial charge in [0.1, 0.15) is 5.60 Å². The largest absolute Gasteiger partial charge is 0.490 e. The molecule has 2 aliphatic carbocycles. The van der Waals surface area contributed by atoms with Crippen LogP contribution in [0.15, 0.2) is 12.2 Å². The Labute approximate surface area is 139 Å². The summed E-state index contributed by atoms with van der Waals surface area (Å²) in [5.74, 6) is -1.96. The lowest BCUT2D eigenvalue weighted by atomic mass is 9.65. The van der Waals surface area contributed by atoms with Gasteiger partial charge in [-0.15, -0.1) is 0 Å². The quantitative estimate of drug-likeness (QED) is 0.558. The summed E-state index contributed by atoms with van der Waals surface area (Å²) < 4.78 is 46.7. The topological polar surface area (TPSA) is 52.6 Å². The van der Waals surface area contributed by atoms with Crippen LogP contribution in [0.25, 0.3) is 0 Å². The van der Waals surface area contributed by atoms with Gasteiger partial charge in [-0.25, -0.2) is 9.59 Å². The molecule has 2 fully saturated rings. The van der Waals surface area contributed by atoms with Crippen LogP contribution in [0, 0.1) is 11.8 Å². The van der Waals surface area contributed by atoms with Gasteiger partial charge in [0.2, 0.25) is 0 Å². The van der Waals surface area contributed by atoms with Crippen molar-refractivity contribution in [2.45, 2.75) is 63.6 Å². The lowest BCUT2D eigenvalue weighted by Crippen LogP contribution is -2.46. The van der Waals surface area contributed by atoms with E-state index in [1.54, 1.807) is 0 Å². The monoisotopic (exact) mass is 348 g/mol. The van der Waals surface area contributed by atoms with E-state index in [0.29, 0.717) is 24.7 Å². The van der Waals surface area contributed by atoms with E-state index in [-0.39, 0.29) is 12.0 Å². The van der Waals surface area contributed by atoms with Gasteiger partial charge in [-0.1, -0.05) is 25.8 Å². The van der Waals surface area contributed by atoms with Crippen molar-refractivity contribution in [2.24, 2.45) is 11.8 Å². The molecule has 2 unspecified atom stereocenters. The van der Waals surface area contributed by atoms with Crippen LogP contribution in [-0.2, 0) is 19.1 Å². The Morgan fingerprint density at radius 2 is 1.79 bits per heavy atom. The smallest absolute Gasteiger partial charge is 0.459 e. The van der Waals surface area contributed by atoms with Crippen LogP contribution in [0.2, 0.25) is 0 Å². The van der Waals surface area contributed by atoms with Crippen molar-refractivity contribution in [3.05, 3.63) is 12.2 Å². The summed E-state index contributed by atoms with van der Waals surface area (Å²) in [6, 6.07) is 0. The lowest BCUT2D eigenvalue weighted by molar-refractivity contribution is -0.202. The molecule has 2 saturated carbocycles. The molecule has 2 rings (SSSR count). The number of alkyl halides is 3. The molecule has 0 radical (unpaired) electrons. The van der Waals surface area contributed by atoms with E-state index in [4.69, 9.17) is 4.74 Å². The fourth-order valence-corrected chi connectivity index (χ4v) is 3.94. The summed E-state index contributed by atoms with van der Waals surface area (Å²) in [5.41, 5.74) is -0.618. The zero-order valence-corrected chi connectivity index (χ0v) is 13.8. The highest BCUT2D eigenvalue weighted by Crippen LogP contribution is 2.47. The molecule has 24 heavy (non-hydrogen) atoms. The molecule has 0 aromatic carbocycles. The normalized spacial score (nSPS) is 29.7. The van der Waals surface area contributed by atoms with Gasteiger partial charge in [0, 0.05) is 12.0 Å². The van der Waals surface area contributed by atoms with Crippen molar-refractivity contribution in [2.75, 3.05) is 6.61 Å². The highest BCUT2D eigenvalue weighted by molar-refractivity contribution is 5.87. The van der Waals surface area contributed by atoms with E-state index in [1.807, 2.05) is 0 Å². The second-order valence-corrected chi connectivity index (χ2v) is 7.04. The maximum absolute atomic E-state index is 12.2. The first-order valence-corrected chi connectivity index (χ1v) is 8.24. The summed E-state index contributed by atoms with van der Waals surface area (Å²) in [7, 11) is 0. The Bertz CT molecular complexity index is 500. The Hall–Kier alpha value is -1.53. The first kappa shape index (κ1) is 18.8. The molecule has 7 heteroatoms. The predicted molar refractivity (Wildman–Crippen MR) is 80.0 cm³/mol. The van der Waals surface area contributed by atoms with E-state index in [9.17, 15) is 22.8 Å². The average molecular weight is 348 g/mol. The SMILES string of the molecule is C=C(C)C(=O)OC1(CCOC(=O)C(F)(F)F)CC2CCCC(C2)C1. The molecule has 0 amide bonds. The van der Waals surface area contributed by atoms with Gasteiger partial charge in [-0.3, -0.25) is 0 Å². The van der Waals surface area contributed by atoms with E-state index < -0.39 is 30.3 Å². The first-order chi connectivity index (χ1) is 11.1. The van der Waals surface area contributed by atoms with Crippen molar-refractivity contribution in [3.8, 4) is 0 Å². The number of ether oxygens (including phenoxy) is 2. The minimum atomic E-state index is -5.01. The van der Waals surface area contributed by atoms with Crippen LogP contribution in [0.3, 0.4) is 0 Å². The standard InChI is InChI=1S/C17H23F3O4/c1-11(2)14(21)24-16(6-7-23-15(22)17(18,19)20)9-12-4-3-5-13(8-12)10-16/h12-13H,1,3-10H2,2H3. The predicted octanol–water partition coefficient (Wildman–Crippen LogP) is 3.94. The van der Waals surface area contributed by atoms with E-state index >= 15 is 0 Å². The maximum atomic E-state index is 12.2. The number of rotatable bonds is 5. The van der Waals surface area contributed by atoms with Crippen LogP contribution in [0.4, 0.5) is 13.2 Å². The van der Waals surface area contributed by atoms with Gasteiger partial charge in [-0.05, 0) is 38.0 Å². The second-order valence-electron chi connectivity index (χ2n) is 7.04. The summed E-state index contributed by atoms with van der Waals surface area (Å²) in [6.07, 6.45) is 0.539. The fraction of sp³-hybridized carbons (Fsp3) is 0.765. The van der Waals surface area contributed by atoms with E-state index in [2.05, 4.69) is 11.3 Å². The summed E-state index contributed by atoms with van der Waals surface area (Å²) in [5, 5.41) is 0. The van der Waals surface area contributed by atoms with Crippen LogP contribution < -0.4 is 0 Å². The average Bonchev–Trinajstić information content (AvgIpc) is 2.45. The van der Waals surface area contributed by atoms with Crippen LogP contribution in [0.5, 0.6) is 0 Å². The van der Waals surface area contributed by atoms with Crippen molar-refractivity contribution < 1.29 is 32.2 Å². The van der Waals surface area contributed by atoms with Crippen molar-refractivity contribution in [1.29, 1.82) is 0 Å². The minimum absolute atomic E-state index is 0.0842. The molecule has 2 atom stereocenters. The Balaban J connectivity index is 2.04. The Morgan fingerprint density at radius 1 is 1.21 bits per heavy atom. The van der Waals surface area contributed by atoms with Crippen LogP contribution in [0.1, 0.15) is 51.9 Å². The molecule has 0 N–H and O–H groups in total. The molecule has 0 aromatic rings. The fourth-order valence-electron chi connectivity index (χ4n) is 3.94. The number of carbonyl (C=O) groups is 2. The van der Waals surface area contributed by atoms with Gasteiger partial charge in [-0.2, -0.15) is 13.2 Å². The molecule has 2 bridgehead atoms. The third-order valence-electron chi connectivity index (χ3n) is 4.89. The number of halogens is 3. The van der Waals surface area contributed by atoms with Crippen LogP contribution in [-0.4, -0.2) is 30.3 Å². The van der Waals surface area contributed by atoms with Crippen molar-refractivity contribution in [1.82, 2.24) is 0 Å². The number of fused-ring (bicyclic) bond motifs is 2. The van der Waals surface area contributed by atoms with Crippen molar-refractivity contribution >= 4 is 11.9 Å². The molecular weight excluding hydrogens is 325 g/mol. The van der Waals surface area contributed by atoms with Crippen LogP contribution >= 0.6 is 0 Å². The van der Waals surface area contributed by atoms with E-state index in [1.165, 1.54) is 6.92 Å². The van der Waals surface area contributed by atoms with Gasteiger partial charge >= 0.3 is 18.1 Å². The molecule has 0 aliphatic heterocycles. The summed E-state index contributed by atoms with van der Waals surface area (Å²) in [4.78, 5) is 22.9. The molecule has 0 saturated heterocycles. The zero-order valence-electron chi connectivity index (χ0n) is 13.8. The van der Waals surface area contributed by atoms with Gasteiger partial charge in [0.25, 0.3) is 0 Å². The third kappa shape index (κ3) is 4.74. The molecular formula is C17H23F3O4. The first-order valence-electron chi connectivity index (χ1n) is 8.24. The zero-order chi connectivity index (χ0) is 18.0. The van der Waals surface area contributed by atoms with E-state index in [0.717, 1.165) is 25.7 Å². The molecule has 0 aromatic heterocycles. The van der Waals surface area contributed by atoms with Gasteiger partial charge in [0.15, 0.2) is 0 Å². The highest BCUT2D eigenvalue weighted by Gasteiger charge is 2.46. The molecule has 0 heterocycles. The number of hydrogen-bond acceptors (Lipinski definition) is 4. The molecule has 136 valence electrons. The van der Waals surface area contributed by atoms with Crippen molar-refractivity contribution in [3.63, 3.8) is 0 Å². The Morgan fingerprint density at radius 3 is 2.29 bits per heavy atom. The Kier molecular flexibility index (Phi) is 5.60. The minimum Gasteiger partial charge on any atom is -0.459 e. The maximum Gasteiger partial charge on any atom is 0.490 e. The molecule has 0 spiro atoms. The number of hydrogen-bond donors (Lipinski definition) is 0. The van der Waals surface area contributed by atoms with Gasteiger partial charge < -0.3 is 9.47 Å². The number of carbonyl (C=O) groups excluding carboxylic acids is 2. The summed E-state index contributed by atoms with van der Waals surface area (Å²) in [6.45, 7) is 4.67. The molecule has 2 aliphatic rings. The summed E-state index contributed by atoms with van der Waals surface area (Å²) >= 11 is 0.